The molecule has 4 rings (SSSR count). The first-order valence-electron chi connectivity index (χ1n) is 12.5. The third-order valence-corrected chi connectivity index (χ3v) is 9.19. The molecule has 0 bridgehead atoms. The monoisotopic (exact) mass is 486 g/mol. The van der Waals surface area contributed by atoms with E-state index in [1.807, 2.05) is 0 Å². The molecule has 4 fully saturated rings. The van der Waals surface area contributed by atoms with Gasteiger partial charge in [-0.25, -0.2) is 0 Å². The Bertz CT molecular complexity index is 724. The quantitative estimate of drug-likeness (QED) is 0.508. The van der Waals surface area contributed by atoms with E-state index < -0.39 is 10.2 Å². The van der Waals surface area contributed by atoms with E-state index >= 15 is 0 Å². The van der Waals surface area contributed by atoms with E-state index in [4.69, 9.17) is 9.47 Å². The number of hydrogen-bond acceptors (Lipinski definition) is 6. The van der Waals surface area contributed by atoms with Crippen LogP contribution in [0.3, 0.4) is 0 Å². The molecule has 0 aromatic heterocycles. The van der Waals surface area contributed by atoms with Crippen LogP contribution in [0.1, 0.15) is 51.4 Å². The van der Waals surface area contributed by atoms with E-state index in [1.54, 1.807) is 0 Å². The van der Waals surface area contributed by atoms with Gasteiger partial charge in [-0.2, -0.15) is 17.0 Å². The van der Waals surface area contributed by atoms with Gasteiger partial charge in [0, 0.05) is 52.5 Å². The maximum Gasteiger partial charge on any atom is 0.282 e. The van der Waals surface area contributed by atoms with Crippen LogP contribution in [-0.2, 0) is 29.3 Å². The first-order valence-corrected chi connectivity index (χ1v) is 13.9. The Morgan fingerprint density at radius 1 is 0.727 bits per heavy atom. The number of hydrogen-bond donors (Lipinski definition) is 2. The molecule has 4 atom stereocenters. The Labute approximate surface area is 196 Å². The van der Waals surface area contributed by atoms with Crippen molar-refractivity contribution in [1.82, 2.24) is 19.2 Å². The number of nitrogens with zero attached hydrogens (tertiary/aromatic N) is 2. The molecule has 4 unspecified atom stereocenters. The lowest BCUT2D eigenvalue weighted by molar-refractivity contribution is -0.127. The molecule has 0 saturated carbocycles. The highest BCUT2D eigenvalue weighted by atomic mass is 32.2. The van der Waals surface area contributed by atoms with Gasteiger partial charge in [-0.1, -0.05) is 0 Å². The van der Waals surface area contributed by atoms with E-state index in [0.717, 1.165) is 38.9 Å². The molecule has 4 aliphatic heterocycles. The smallest absolute Gasteiger partial charge is 0.282 e. The Morgan fingerprint density at radius 2 is 1.18 bits per heavy atom. The second-order valence-electron chi connectivity index (χ2n) is 9.66. The van der Waals surface area contributed by atoms with Crippen LogP contribution in [0.5, 0.6) is 0 Å². The summed E-state index contributed by atoms with van der Waals surface area (Å²) < 4.78 is 40.7. The average Bonchev–Trinajstić information content (AvgIpc) is 3.55. The molecular weight excluding hydrogens is 448 g/mol. The molecule has 2 amide bonds. The van der Waals surface area contributed by atoms with Gasteiger partial charge in [0.1, 0.15) is 0 Å². The van der Waals surface area contributed by atoms with Gasteiger partial charge in [-0.05, 0) is 51.4 Å². The van der Waals surface area contributed by atoms with Gasteiger partial charge in [0.15, 0.2) is 0 Å². The van der Waals surface area contributed by atoms with E-state index in [0.29, 0.717) is 51.9 Å². The van der Waals surface area contributed by atoms with Gasteiger partial charge in [0.25, 0.3) is 10.2 Å². The Kier molecular flexibility index (Phi) is 8.61. The minimum absolute atomic E-state index is 0.0639. The summed E-state index contributed by atoms with van der Waals surface area (Å²) in [6.45, 7) is 3.62. The summed E-state index contributed by atoms with van der Waals surface area (Å²) in [6.07, 6.45) is 6.70. The second kappa shape index (κ2) is 11.4. The maximum atomic E-state index is 13.4. The number of ether oxygens (including phenoxy) is 2. The lowest BCUT2D eigenvalue weighted by Gasteiger charge is -2.38. The van der Waals surface area contributed by atoms with Crippen LogP contribution in [0, 0.1) is 11.8 Å². The molecule has 188 valence electrons. The van der Waals surface area contributed by atoms with E-state index in [1.165, 1.54) is 8.61 Å². The SMILES string of the molecule is O=C(NCC1CCCO1)C1CCCN(S(=O)(=O)N2CCCC(C(=O)NCC3CCCO3)C2)C1. The van der Waals surface area contributed by atoms with Crippen molar-refractivity contribution in [2.75, 3.05) is 52.5 Å². The largest absolute Gasteiger partial charge is 0.376 e. The zero-order valence-corrected chi connectivity index (χ0v) is 20.2. The van der Waals surface area contributed by atoms with E-state index in [2.05, 4.69) is 10.6 Å². The number of carbonyl (C=O) groups excluding carboxylic acids is 2. The Hall–Kier alpha value is -1.27. The standard InChI is InChI=1S/C22H38N4O6S/c27-21(23-13-19-7-3-11-31-19)17-5-1-9-25(15-17)33(29,30)26-10-2-6-18(16-26)22(28)24-14-20-8-4-12-32-20/h17-20H,1-16H2,(H,23,27)(H,24,28). The van der Waals surface area contributed by atoms with Gasteiger partial charge in [-0.15, -0.1) is 0 Å². The molecule has 4 aliphatic rings. The van der Waals surface area contributed by atoms with Crippen molar-refractivity contribution in [2.45, 2.75) is 63.6 Å². The minimum atomic E-state index is -3.72. The van der Waals surface area contributed by atoms with Crippen molar-refractivity contribution in [3.63, 3.8) is 0 Å². The fraction of sp³-hybridized carbons (Fsp3) is 0.909. The van der Waals surface area contributed by atoms with Crippen molar-refractivity contribution < 1.29 is 27.5 Å². The average molecular weight is 487 g/mol. The lowest BCUT2D eigenvalue weighted by Crippen LogP contribution is -2.54. The molecule has 2 N–H and O–H groups in total. The first-order chi connectivity index (χ1) is 15.9. The van der Waals surface area contributed by atoms with Gasteiger partial charge in [-0.3, -0.25) is 9.59 Å². The van der Waals surface area contributed by atoms with Crippen LogP contribution in [0.4, 0.5) is 0 Å². The number of piperidine rings is 2. The van der Waals surface area contributed by atoms with Crippen LogP contribution in [0.2, 0.25) is 0 Å². The van der Waals surface area contributed by atoms with Crippen molar-refractivity contribution in [3.8, 4) is 0 Å². The first kappa shape index (κ1) is 24.8. The molecule has 0 radical (unpaired) electrons. The maximum absolute atomic E-state index is 13.4. The second-order valence-corrected chi connectivity index (χ2v) is 11.6. The summed E-state index contributed by atoms with van der Waals surface area (Å²) >= 11 is 0. The highest BCUT2D eigenvalue weighted by Gasteiger charge is 2.39. The highest BCUT2D eigenvalue weighted by Crippen LogP contribution is 2.26. The third-order valence-electron chi connectivity index (χ3n) is 7.22. The molecular formula is C22H38N4O6S. The van der Waals surface area contributed by atoms with Crippen LogP contribution in [-0.4, -0.2) is 93.5 Å². The van der Waals surface area contributed by atoms with Gasteiger partial charge in [0.05, 0.1) is 24.0 Å². The third kappa shape index (κ3) is 6.45. The molecule has 0 aromatic rings. The van der Waals surface area contributed by atoms with Crippen LogP contribution >= 0.6 is 0 Å². The molecule has 11 heteroatoms. The number of rotatable bonds is 8. The minimum Gasteiger partial charge on any atom is -0.376 e. The molecule has 10 nitrogen and oxygen atoms in total. The fourth-order valence-corrected chi connectivity index (χ4v) is 7.01. The van der Waals surface area contributed by atoms with E-state index in [-0.39, 0.29) is 48.9 Å². The predicted molar refractivity (Wildman–Crippen MR) is 121 cm³/mol. The van der Waals surface area contributed by atoms with E-state index in [9.17, 15) is 18.0 Å². The van der Waals surface area contributed by atoms with Gasteiger partial charge < -0.3 is 20.1 Å². The molecule has 33 heavy (non-hydrogen) atoms. The Balaban J connectivity index is 1.28. The highest BCUT2D eigenvalue weighted by molar-refractivity contribution is 7.86. The van der Waals surface area contributed by atoms with Gasteiger partial charge in [0.2, 0.25) is 11.8 Å². The predicted octanol–water partition coefficient (Wildman–Crippen LogP) is 0.246. The molecule has 0 spiro atoms. The fourth-order valence-electron chi connectivity index (χ4n) is 5.22. The topological polar surface area (TPSA) is 117 Å². The normalized spacial score (nSPS) is 32.0. The zero-order chi connectivity index (χ0) is 23.3. The lowest BCUT2D eigenvalue weighted by atomic mass is 9.98. The summed E-state index contributed by atoms with van der Waals surface area (Å²) in [5.74, 6) is -0.915. The molecule has 4 heterocycles. The number of nitrogens with one attached hydrogen (secondary N) is 2. The molecule has 0 aliphatic carbocycles. The number of amides is 2. The van der Waals surface area contributed by atoms with Crippen LogP contribution in [0.15, 0.2) is 0 Å². The molecule has 0 aromatic carbocycles. The Morgan fingerprint density at radius 3 is 1.58 bits per heavy atom. The molecule has 4 saturated heterocycles. The van der Waals surface area contributed by atoms with Gasteiger partial charge >= 0.3 is 0 Å². The van der Waals surface area contributed by atoms with Crippen LogP contribution in [0.25, 0.3) is 0 Å². The van der Waals surface area contributed by atoms with Crippen molar-refractivity contribution >= 4 is 22.0 Å². The summed E-state index contributed by atoms with van der Waals surface area (Å²) in [7, 11) is -3.72. The van der Waals surface area contributed by atoms with Crippen molar-refractivity contribution in [2.24, 2.45) is 11.8 Å². The summed E-state index contributed by atoms with van der Waals surface area (Å²) in [5.41, 5.74) is 0. The number of carbonyl (C=O) groups is 2. The summed E-state index contributed by atoms with van der Waals surface area (Å²) in [5, 5.41) is 5.89. The van der Waals surface area contributed by atoms with Crippen molar-refractivity contribution in [3.05, 3.63) is 0 Å². The van der Waals surface area contributed by atoms with Crippen LogP contribution < -0.4 is 10.6 Å². The van der Waals surface area contributed by atoms with Crippen molar-refractivity contribution in [1.29, 1.82) is 0 Å². The zero-order valence-electron chi connectivity index (χ0n) is 19.4. The summed E-state index contributed by atoms with van der Waals surface area (Å²) in [6, 6.07) is 0. The summed E-state index contributed by atoms with van der Waals surface area (Å²) in [4.78, 5) is 25.3.